The topological polar surface area (TPSA) is 37.3 Å². The molecule has 22 heavy (non-hydrogen) atoms. The average molecular weight is 304 g/mol. The molecule has 2 heteroatoms. The summed E-state index contributed by atoms with van der Waals surface area (Å²) in [5.74, 6) is 1.12. The van der Waals surface area contributed by atoms with Crippen molar-refractivity contribution >= 4 is 5.78 Å². The molecule has 1 N–H and O–H groups in total. The number of carbonyl (C=O) groups is 1. The van der Waals surface area contributed by atoms with Crippen molar-refractivity contribution in [3.05, 3.63) is 12.2 Å². The van der Waals surface area contributed by atoms with Gasteiger partial charge in [-0.15, -0.1) is 0 Å². The van der Waals surface area contributed by atoms with E-state index < -0.39 is 5.60 Å². The minimum absolute atomic E-state index is 0.134. The molecule has 0 heterocycles. The second kappa shape index (κ2) is 4.47. The highest BCUT2D eigenvalue weighted by Gasteiger charge is 2.71. The van der Waals surface area contributed by atoms with Gasteiger partial charge < -0.3 is 5.11 Å². The van der Waals surface area contributed by atoms with Gasteiger partial charge in [0.2, 0.25) is 0 Å². The van der Waals surface area contributed by atoms with Gasteiger partial charge in [-0.25, -0.2) is 0 Å². The van der Waals surface area contributed by atoms with E-state index in [2.05, 4.69) is 27.4 Å². The highest BCUT2D eigenvalue weighted by molar-refractivity contribution is 5.94. The molecule has 2 bridgehead atoms. The first kappa shape index (κ1) is 16.2. The van der Waals surface area contributed by atoms with Crippen LogP contribution in [0.3, 0.4) is 0 Å². The number of ketones is 1. The maximum absolute atomic E-state index is 12.1. The van der Waals surface area contributed by atoms with Crippen LogP contribution in [0.5, 0.6) is 0 Å². The minimum Gasteiger partial charge on any atom is -0.390 e. The maximum atomic E-state index is 12.1. The van der Waals surface area contributed by atoms with Crippen molar-refractivity contribution in [3.8, 4) is 0 Å². The molecule has 0 radical (unpaired) electrons. The van der Waals surface area contributed by atoms with Gasteiger partial charge in [0.1, 0.15) is 0 Å². The minimum atomic E-state index is -0.608. The lowest BCUT2D eigenvalue weighted by Crippen LogP contribution is -2.59. The molecule has 2 nitrogen and oxygen atoms in total. The number of carbonyl (C=O) groups excluding carboxylic acids is 1. The summed E-state index contributed by atoms with van der Waals surface area (Å²) in [6.07, 6.45) is 6.14. The molecular weight excluding hydrogens is 272 g/mol. The summed E-state index contributed by atoms with van der Waals surface area (Å²) >= 11 is 0. The highest BCUT2D eigenvalue weighted by atomic mass is 16.3. The Morgan fingerprint density at radius 2 is 1.86 bits per heavy atom. The van der Waals surface area contributed by atoms with Gasteiger partial charge >= 0.3 is 0 Å². The molecule has 0 spiro atoms. The lowest BCUT2D eigenvalue weighted by Gasteiger charge is -2.62. The van der Waals surface area contributed by atoms with E-state index in [1.165, 1.54) is 19.3 Å². The Kier molecular flexibility index (Phi) is 3.30. The molecule has 0 aromatic rings. The van der Waals surface area contributed by atoms with Crippen molar-refractivity contribution in [2.24, 2.45) is 28.1 Å². The lowest BCUT2D eigenvalue weighted by molar-refractivity contribution is -0.185. The van der Waals surface area contributed by atoms with E-state index in [4.69, 9.17) is 0 Å². The summed E-state index contributed by atoms with van der Waals surface area (Å²) in [5, 5.41) is 11.1. The first-order valence-corrected chi connectivity index (χ1v) is 8.85. The highest BCUT2D eigenvalue weighted by Crippen LogP contribution is 2.78. The molecule has 0 saturated heterocycles. The van der Waals surface area contributed by atoms with Crippen LogP contribution < -0.4 is 0 Å². The van der Waals surface area contributed by atoms with Crippen molar-refractivity contribution in [1.82, 2.24) is 0 Å². The molecule has 0 aromatic heterocycles. The van der Waals surface area contributed by atoms with Gasteiger partial charge in [-0.3, -0.25) is 4.79 Å². The van der Waals surface area contributed by atoms with Gasteiger partial charge in [0.05, 0.1) is 5.60 Å². The van der Waals surface area contributed by atoms with Crippen LogP contribution in [0.15, 0.2) is 12.2 Å². The van der Waals surface area contributed by atoms with Crippen molar-refractivity contribution in [1.29, 1.82) is 0 Å². The summed E-state index contributed by atoms with van der Waals surface area (Å²) < 4.78 is 0. The molecule has 0 amide bonds. The Labute approximate surface area is 135 Å². The van der Waals surface area contributed by atoms with Crippen LogP contribution in [0.2, 0.25) is 0 Å². The summed E-state index contributed by atoms with van der Waals surface area (Å²) in [4.78, 5) is 12.1. The standard InChI is InChI=1S/C20H32O2/c1-13(2)15(21)7-8-20-11-17(4)9-16(20)18(5,10-17)12-19(6,22)14(20)3/h14,16,22H,1,7-12H2,2-6H3. The zero-order chi connectivity index (χ0) is 16.6. The molecule has 3 saturated carbocycles. The zero-order valence-electron chi connectivity index (χ0n) is 15.0. The second-order valence-corrected chi connectivity index (χ2v) is 9.77. The monoisotopic (exact) mass is 304 g/mol. The van der Waals surface area contributed by atoms with E-state index in [0.717, 1.165) is 12.8 Å². The third-order valence-electron chi connectivity index (χ3n) is 7.67. The molecule has 3 aliphatic carbocycles. The van der Waals surface area contributed by atoms with Crippen molar-refractivity contribution in [2.45, 2.75) is 78.7 Å². The van der Waals surface area contributed by atoms with Gasteiger partial charge in [-0.05, 0) is 79.6 Å². The number of Topliss-reactive ketones (excluding diaryl/α,β-unsaturated/α-hetero) is 1. The zero-order valence-corrected chi connectivity index (χ0v) is 15.0. The number of fused-ring (bicyclic) bond motifs is 1. The van der Waals surface area contributed by atoms with Crippen LogP contribution in [0, 0.1) is 28.1 Å². The predicted molar refractivity (Wildman–Crippen MR) is 89.4 cm³/mol. The Morgan fingerprint density at radius 3 is 2.41 bits per heavy atom. The Bertz CT molecular complexity index is 534. The summed E-state index contributed by atoms with van der Waals surface area (Å²) in [6.45, 7) is 14.7. The Morgan fingerprint density at radius 1 is 1.23 bits per heavy atom. The molecule has 3 rings (SSSR count). The molecule has 3 fully saturated rings. The fourth-order valence-corrected chi connectivity index (χ4v) is 7.13. The van der Waals surface area contributed by atoms with Crippen LogP contribution in [-0.2, 0) is 4.79 Å². The SMILES string of the molecule is C=C(C)C(=O)CCC12CC3(C)CC1C(C)(C3)CC(C)(O)C2C. The maximum Gasteiger partial charge on any atom is 0.158 e. The van der Waals surface area contributed by atoms with E-state index in [1.54, 1.807) is 0 Å². The van der Waals surface area contributed by atoms with Gasteiger partial charge in [-0.1, -0.05) is 27.4 Å². The van der Waals surface area contributed by atoms with Gasteiger partial charge in [0.25, 0.3) is 0 Å². The van der Waals surface area contributed by atoms with Crippen LogP contribution in [-0.4, -0.2) is 16.5 Å². The predicted octanol–water partition coefficient (Wildman–Crippen LogP) is 4.52. The lowest BCUT2D eigenvalue weighted by atomic mass is 9.44. The van der Waals surface area contributed by atoms with E-state index in [-0.39, 0.29) is 22.5 Å². The summed E-state index contributed by atoms with van der Waals surface area (Å²) in [7, 11) is 0. The first-order valence-electron chi connectivity index (χ1n) is 8.85. The third kappa shape index (κ3) is 2.06. The van der Waals surface area contributed by atoms with E-state index in [1.807, 2.05) is 13.8 Å². The van der Waals surface area contributed by atoms with Crippen molar-refractivity contribution in [3.63, 3.8) is 0 Å². The van der Waals surface area contributed by atoms with Crippen molar-refractivity contribution < 1.29 is 9.90 Å². The molecule has 124 valence electrons. The number of hydrogen-bond donors (Lipinski definition) is 1. The first-order chi connectivity index (χ1) is 9.94. The fraction of sp³-hybridized carbons (Fsp3) is 0.850. The van der Waals surface area contributed by atoms with Crippen LogP contribution in [0.1, 0.15) is 73.1 Å². The molecule has 6 atom stereocenters. The largest absolute Gasteiger partial charge is 0.390 e. The summed E-state index contributed by atoms with van der Waals surface area (Å²) in [6, 6.07) is 0. The van der Waals surface area contributed by atoms with E-state index >= 15 is 0 Å². The number of rotatable bonds is 4. The quantitative estimate of drug-likeness (QED) is 0.776. The van der Waals surface area contributed by atoms with Crippen molar-refractivity contribution in [2.75, 3.05) is 0 Å². The second-order valence-electron chi connectivity index (χ2n) is 9.77. The fourth-order valence-electron chi connectivity index (χ4n) is 7.13. The van der Waals surface area contributed by atoms with Gasteiger partial charge in [0, 0.05) is 6.42 Å². The molecule has 3 aliphatic rings. The van der Waals surface area contributed by atoms with E-state index in [9.17, 15) is 9.90 Å². The normalized spacial score (nSPS) is 52.8. The smallest absolute Gasteiger partial charge is 0.158 e. The van der Waals surface area contributed by atoms with Crippen LogP contribution >= 0.6 is 0 Å². The van der Waals surface area contributed by atoms with Crippen LogP contribution in [0.4, 0.5) is 0 Å². The van der Waals surface area contributed by atoms with Gasteiger partial charge in [-0.2, -0.15) is 0 Å². The molecule has 0 aromatic carbocycles. The number of allylic oxidation sites excluding steroid dienone is 1. The van der Waals surface area contributed by atoms with Gasteiger partial charge in [0.15, 0.2) is 5.78 Å². The average Bonchev–Trinajstić information content (AvgIpc) is 2.80. The number of aliphatic hydroxyl groups is 1. The molecule has 6 unspecified atom stereocenters. The Hall–Kier alpha value is -0.630. The van der Waals surface area contributed by atoms with Crippen LogP contribution in [0.25, 0.3) is 0 Å². The molecule has 0 aliphatic heterocycles. The third-order valence-corrected chi connectivity index (χ3v) is 7.67. The Balaban J connectivity index is 1.95. The summed E-state index contributed by atoms with van der Waals surface area (Å²) in [5.41, 5.74) is 0.854. The molecular formula is C20H32O2. The van der Waals surface area contributed by atoms with E-state index in [0.29, 0.717) is 23.3 Å². The number of hydrogen-bond acceptors (Lipinski definition) is 2.